The fraction of sp³-hybridized carbons (Fsp3) is 0.500. The van der Waals surface area contributed by atoms with Crippen molar-refractivity contribution in [3.63, 3.8) is 0 Å². The zero-order valence-electron chi connectivity index (χ0n) is 19.4. The van der Waals surface area contributed by atoms with Crippen LogP contribution < -0.4 is 10.1 Å². The Kier molecular flexibility index (Phi) is 6.19. The molecular weight excluding hydrogens is 404 g/mol. The third-order valence-electron chi connectivity index (χ3n) is 6.18. The summed E-state index contributed by atoms with van der Waals surface area (Å²) in [6.07, 6.45) is 0.586. The molecule has 1 amide bonds. The molecule has 0 aliphatic carbocycles. The second-order valence-electron chi connectivity index (χ2n) is 10.1. The summed E-state index contributed by atoms with van der Waals surface area (Å²) in [6, 6.07) is 16.0. The van der Waals surface area contributed by atoms with Crippen molar-refractivity contribution in [2.75, 3.05) is 19.6 Å². The second-order valence-corrected chi connectivity index (χ2v) is 10.1. The number of para-hydroxylation sites is 1. The van der Waals surface area contributed by atoms with Gasteiger partial charge in [0.15, 0.2) is 0 Å². The van der Waals surface area contributed by atoms with Crippen molar-refractivity contribution in [1.82, 2.24) is 10.2 Å². The van der Waals surface area contributed by atoms with Crippen LogP contribution in [0.15, 0.2) is 48.5 Å². The van der Waals surface area contributed by atoms with Gasteiger partial charge in [0.25, 0.3) is 0 Å². The van der Waals surface area contributed by atoms with E-state index in [-0.39, 0.29) is 12.1 Å². The van der Waals surface area contributed by atoms with Crippen molar-refractivity contribution in [3.05, 3.63) is 65.2 Å². The van der Waals surface area contributed by atoms with Gasteiger partial charge in [-0.25, -0.2) is 4.79 Å². The van der Waals surface area contributed by atoms with Gasteiger partial charge in [0.2, 0.25) is 0 Å². The highest BCUT2D eigenvalue weighted by Gasteiger charge is 2.47. The number of hydrogen-bond donors (Lipinski definition) is 2. The Hall–Kier alpha value is -2.57. The molecule has 2 aliphatic heterocycles. The molecule has 0 bridgehead atoms. The number of aryl methyl sites for hydroxylation is 1. The number of amides is 1. The maximum absolute atomic E-state index is 12.6. The van der Waals surface area contributed by atoms with Crippen LogP contribution in [0.5, 0.6) is 5.75 Å². The highest BCUT2D eigenvalue weighted by molar-refractivity contribution is 5.68. The van der Waals surface area contributed by atoms with Crippen LogP contribution in [0.25, 0.3) is 0 Å². The van der Waals surface area contributed by atoms with E-state index in [9.17, 15) is 9.90 Å². The van der Waals surface area contributed by atoms with Crippen molar-refractivity contribution < 1.29 is 19.4 Å². The summed E-state index contributed by atoms with van der Waals surface area (Å²) in [5.74, 6) is 0.840. The minimum atomic E-state index is -0.594. The zero-order valence-corrected chi connectivity index (χ0v) is 19.4. The quantitative estimate of drug-likeness (QED) is 0.734. The smallest absolute Gasteiger partial charge is 0.410 e. The summed E-state index contributed by atoms with van der Waals surface area (Å²) in [7, 11) is 0. The average Bonchev–Trinajstić information content (AvgIpc) is 3.14. The molecule has 2 heterocycles. The predicted molar refractivity (Wildman–Crippen MR) is 124 cm³/mol. The van der Waals surface area contributed by atoms with Crippen molar-refractivity contribution in [2.45, 2.75) is 63.9 Å². The Balaban J connectivity index is 1.47. The SMILES string of the molecule is Cc1ccc([C@H](O)CN[C@@H]2C[C@]3(CCN(C(=O)OC(C)(C)C)C3)Oc3ccccc32)cc1. The van der Waals surface area contributed by atoms with E-state index in [0.717, 1.165) is 29.7 Å². The van der Waals surface area contributed by atoms with Crippen molar-refractivity contribution >= 4 is 6.09 Å². The Morgan fingerprint density at radius 2 is 1.97 bits per heavy atom. The molecule has 6 nitrogen and oxygen atoms in total. The minimum absolute atomic E-state index is 0.0265. The lowest BCUT2D eigenvalue weighted by Crippen LogP contribution is -2.47. The minimum Gasteiger partial charge on any atom is -0.485 e. The Bertz CT molecular complexity index is 953. The number of nitrogens with one attached hydrogen (secondary N) is 1. The van der Waals surface area contributed by atoms with Gasteiger partial charge in [-0.05, 0) is 39.3 Å². The third kappa shape index (κ3) is 5.08. The Morgan fingerprint density at radius 3 is 2.69 bits per heavy atom. The molecule has 2 aromatic carbocycles. The normalized spacial score (nSPS) is 23.5. The Labute approximate surface area is 190 Å². The van der Waals surface area contributed by atoms with E-state index in [4.69, 9.17) is 9.47 Å². The van der Waals surface area contributed by atoms with Crippen LogP contribution >= 0.6 is 0 Å². The molecule has 1 saturated heterocycles. The first-order valence-electron chi connectivity index (χ1n) is 11.4. The molecule has 2 aliphatic rings. The van der Waals surface area contributed by atoms with E-state index in [0.29, 0.717) is 19.6 Å². The molecular formula is C26H34N2O4. The number of rotatable bonds is 4. The van der Waals surface area contributed by atoms with Crippen LogP contribution in [0.1, 0.15) is 62.4 Å². The Morgan fingerprint density at radius 1 is 1.25 bits per heavy atom. The number of aliphatic hydroxyl groups excluding tert-OH is 1. The molecule has 6 heteroatoms. The fourth-order valence-corrected chi connectivity index (χ4v) is 4.54. The molecule has 0 unspecified atom stereocenters. The van der Waals surface area contributed by atoms with E-state index in [1.807, 2.05) is 70.2 Å². The van der Waals surface area contributed by atoms with Crippen molar-refractivity contribution in [2.24, 2.45) is 0 Å². The number of hydrogen-bond acceptors (Lipinski definition) is 5. The van der Waals surface area contributed by atoms with Gasteiger partial charge in [-0.1, -0.05) is 48.0 Å². The van der Waals surface area contributed by atoms with Gasteiger partial charge in [0.05, 0.1) is 12.6 Å². The van der Waals surface area contributed by atoms with Crippen LogP contribution in [0.3, 0.4) is 0 Å². The molecule has 4 rings (SSSR count). The predicted octanol–water partition coefficient (Wildman–Crippen LogP) is 4.52. The summed E-state index contributed by atoms with van der Waals surface area (Å²) >= 11 is 0. The zero-order chi connectivity index (χ0) is 22.9. The summed E-state index contributed by atoms with van der Waals surface area (Å²) < 4.78 is 12.0. The molecule has 32 heavy (non-hydrogen) atoms. The van der Waals surface area contributed by atoms with Crippen LogP contribution in [0.2, 0.25) is 0 Å². The number of carbonyl (C=O) groups is 1. The van der Waals surface area contributed by atoms with Crippen LogP contribution in [-0.2, 0) is 4.74 Å². The van der Waals surface area contributed by atoms with Gasteiger partial charge in [-0.2, -0.15) is 0 Å². The van der Waals surface area contributed by atoms with E-state index >= 15 is 0 Å². The number of carbonyl (C=O) groups excluding carboxylic acids is 1. The lowest BCUT2D eigenvalue weighted by atomic mass is 9.86. The van der Waals surface area contributed by atoms with E-state index < -0.39 is 17.3 Å². The first kappa shape index (κ1) is 22.6. The fourth-order valence-electron chi connectivity index (χ4n) is 4.54. The molecule has 0 radical (unpaired) electrons. The highest BCUT2D eigenvalue weighted by atomic mass is 16.6. The summed E-state index contributed by atoms with van der Waals surface area (Å²) in [6.45, 7) is 9.21. The van der Waals surface area contributed by atoms with Crippen molar-refractivity contribution in [1.29, 1.82) is 0 Å². The highest BCUT2D eigenvalue weighted by Crippen LogP contribution is 2.44. The molecule has 0 aromatic heterocycles. The molecule has 3 atom stereocenters. The maximum atomic E-state index is 12.6. The molecule has 2 N–H and O–H groups in total. The van der Waals surface area contributed by atoms with Gasteiger partial charge >= 0.3 is 6.09 Å². The number of aliphatic hydroxyl groups is 1. The van der Waals surface area contributed by atoms with E-state index in [1.54, 1.807) is 4.90 Å². The number of nitrogens with zero attached hydrogens (tertiary/aromatic N) is 1. The standard InChI is InChI=1S/C26H34N2O4/c1-18-9-11-19(12-10-18)22(29)16-27-21-15-26(31-23-8-6-5-7-20(21)23)13-14-28(17-26)24(30)32-25(2,3)4/h5-12,21-22,27,29H,13-17H2,1-4H3/t21-,22-,26+/m1/s1. The van der Waals surface area contributed by atoms with Gasteiger partial charge in [-0.3, -0.25) is 0 Å². The molecule has 2 aromatic rings. The van der Waals surface area contributed by atoms with Gasteiger partial charge < -0.3 is 24.8 Å². The second kappa shape index (κ2) is 8.75. The monoisotopic (exact) mass is 438 g/mol. The van der Waals surface area contributed by atoms with Gasteiger partial charge in [0.1, 0.15) is 17.0 Å². The summed E-state index contributed by atoms with van der Waals surface area (Å²) in [5.41, 5.74) is 2.17. The lowest BCUT2D eigenvalue weighted by Gasteiger charge is -2.40. The largest absolute Gasteiger partial charge is 0.485 e. The molecule has 0 saturated carbocycles. The van der Waals surface area contributed by atoms with Gasteiger partial charge in [-0.15, -0.1) is 0 Å². The number of likely N-dealkylation sites (tertiary alicyclic amines) is 1. The van der Waals surface area contributed by atoms with Crippen molar-refractivity contribution in [3.8, 4) is 5.75 Å². The summed E-state index contributed by atoms with van der Waals surface area (Å²) in [4.78, 5) is 14.4. The summed E-state index contributed by atoms with van der Waals surface area (Å²) in [5, 5.41) is 14.3. The topological polar surface area (TPSA) is 71.0 Å². The van der Waals surface area contributed by atoms with Gasteiger partial charge in [0, 0.05) is 37.5 Å². The molecule has 172 valence electrons. The van der Waals surface area contributed by atoms with Crippen LogP contribution in [0.4, 0.5) is 4.79 Å². The molecule has 1 fully saturated rings. The van der Waals surface area contributed by atoms with E-state index in [1.165, 1.54) is 5.56 Å². The number of ether oxygens (including phenoxy) is 2. The van der Waals surface area contributed by atoms with Crippen LogP contribution in [0, 0.1) is 6.92 Å². The maximum Gasteiger partial charge on any atom is 0.410 e. The first-order chi connectivity index (χ1) is 15.1. The third-order valence-corrected chi connectivity index (χ3v) is 6.18. The lowest BCUT2D eigenvalue weighted by molar-refractivity contribution is 0.0120. The average molecular weight is 439 g/mol. The van der Waals surface area contributed by atoms with E-state index in [2.05, 4.69) is 11.4 Å². The van der Waals surface area contributed by atoms with Crippen LogP contribution in [-0.4, -0.2) is 46.9 Å². The molecule has 1 spiro atoms. The first-order valence-corrected chi connectivity index (χ1v) is 11.4. The number of fused-ring (bicyclic) bond motifs is 1. The number of benzene rings is 2.